The van der Waals surface area contributed by atoms with Crippen LogP contribution in [-0.4, -0.2) is 23.9 Å². The summed E-state index contributed by atoms with van der Waals surface area (Å²) < 4.78 is 12.1. The predicted molar refractivity (Wildman–Crippen MR) is 92.0 cm³/mol. The van der Waals surface area contributed by atoms with Gasteiger partial charge in [-0.3, -0.25) is 0 Å². The molecule has 3 nitrogen and oxygen atoms in total. The number of ether oxygens (including phenoxy) is 2. The standard InChI is InChI=1S/C20H26O3/c1-2-19(22-15-17-9-5-3-6-10-17)20(13-14-21)23-16-18-11-7-4-8-12-18/h3-12,19-21H,2,13-16H2,1H3/t19-,20+/m0/s1. The quantitative estimate of drug-likeness (QED) is 0.721. The minimum atomic E-state index is -0.103. The Labute approximate surface area is 138 Å². The lowest BCUT2D eigenvalue weighted by Crippen LogP contribution is -2.32. The molecule has 2 rings (SSSR count). The molecule has 2 atom stereocenters. The molecule has 0 aromatic heterocycles. The molecule has 0 aliphatic rings. The molecule has 2 aromatic rings. The Morgan fingerprint density at radius 2 is 1.26 bits per heavy atom. The molecule has 0 aliphatic carbocycles. The van der Waals surface area contributed by atoms with Gasteiger partial charge in [-0.05, 0) is 24.0 Å². The lowest BCUT2D eigenvalue weighted by molar-refractivity contribution is -0.0938. The minimum absolute atomic E-state index is 0.0222. The van der Waals surface area contributed by atoms with Crippen LogP contribution in [0.15, 0.2) is 60.7 Å². The van der Waals surface area contributed by atoms with Crippen molar-refractivity contribution in [2.75, 3.05) is 6.61 Å². The smallest absolute Gasteiger partial charge is 0.0863 e. The van der Waals surface area contributed by atoms with Crippen LogP contribution in [0.4, 0.5) is 0 Å². The van der Waals surface area contributed by atoms with E-state index in [0.717, 1.165) is 17.5 Å². The lowest BCUT2D eigenvalue weighted by atomic mass is 10.1. The monoisotopic (exact) mass is 314 g/mol. The van der Waals surface area contributed by atoms with Gasteiger partial charge in [0.25, 0.3) is 0 Å². The van der Waals surface area contributed by atoms with Gasteiger partial charge in [0.05, 0.1) is 25.4 Å². The maximum absolute atomic E-state index is 9.33. The fourth-order valence-electron chi connectivity index (χ4n) is 2.55. The molecule has 0 saturated carbocycles. The van der Waals surface area contributed by atoms with Crippen LogP contribution < -0.4 is 0 Å². The first-order valence-electron chi connectivity index (χ1n) is 8.25. The van der Waals surface area contributed by atoms with Crippen molar-refractivity contribution in [1.82, 2.24) is 0 Å². The Morgan fingerprint density at radius 1 is 0.783 bits per heavy atom. The van der Waals surface area contributed by atoms with E-state index in [1.807, 2.05) is 48.5 Å². The van der Waals surface area contributed by atoms with E-state index in [1.54, 1.807) is 0 Å². The molecule has 0 spiro atoms. The first-order chi connectivity index (χ1) is 11.3. The highest BCUT2D eigenvalue weighted by Crippen LogP contribution is 2.16. The van der Waals surface area contributed by atoms with E-state index >= 15 is 0 Å². The molecular formula is C20H26O3. The zero-order valence-electron chi connectivity index (χ0n) is 13.7. The second kappa shape index (κ2) is 10.2. The van der Waals surface area contributed by atoms with Gasteiger partial charge in [-0.25, -0.2) is 0 Å². The zero-order chi connectivity index (χ0) is 16.3. The second-order valence-corrected chi connectivity index (χ2v) is 5.59. The number of aliphatic hydroxyl groups is 1. The number of hydrogen-bond acceptors (Lipinski definition) is 3. The summed E-state index contributed by atoms with van der Waals surface area (Å²) in [6.07, 6.45) is 1.31. The third-order valence-electron chi connectivity index (χ3n) is 3.84. The van der Waals surface area contributed by atoms with Gasteiger partial charge < -0.3 is 14.6 Å². The average Bonchev–Trinajstić information content (AvgIpc) is 2.62. The minimum Gasteiger partial charge on any atom is -0.396 e. The van der Waals surface area contributed by atoms with Crippen LogP contribution in [0, 0.1) is 0 Å². The third-order valence-corrected chi connectivity index (χ3v) is 3.84. The van der Waals surface area contributed by atoms with Gasteiger partial charge in [0, 0.05) is 6.61 Å². The number of rotatable bonds is 10. The van der Waals surface area contributed by atoms with Gasteiger partial charge in [-0.15, -0.1) is 0 Å². The van der Waals surface area contributed by atoms with Gasteiger partial charge in [0.1, 0.15) is 0 Å². The lowest BCUT2D eigenvalue weighted by Gasteiger charge is -2.26. The van der Waals surface area contributed by atoms with Gasteiger partial charge in [-0.2, -0.15) is 0 Å². The molecular weight excluding hydrogens is 288 g/mol. The Balaban J connectivity index is 1.90. The maximum Gasteiger partial charge on any atom is 0.0863 e. The van der Waals surface area contributed by atoms with E-state index in [1.165, 1.54) is 0 Å². The Hall–Kier alpha value is -1.68. The fraction of sp³-hybridized carbons (Fsp3) is 0.400. The molecule has 0 fully saturated rings. The summed E-state index contributed by atoms with van der Waals surface area (Å²) >= 11 is 0. The third kappa shape index (κ3) is 6.14. The maximum atomic E-state index is 9.33. The average molecular weight is 314 g/mol. The summed E-state index contributed by atoms with van der Waals surface area (Å²) in [5, 5.41) is 9.33. The van der Waals surface area contributed by atoms with Crippen LogP contribution in [0.5, 0.6) is 0 Å². The Kier molecular flexibility index (Phi) is 7.81. The summed E-state index contributed by atoms with van der Waals surface area (Å²) in [6.45, 7) is 3.29. The second-order valence-electron chi connectivity index (χ2n) is 5.59. The van der Waals surface area contributed by atoms with Crippen molar-refractivity contribution in [3.05, 3.63) is 71.8 Å². The SMILES string of the molecule is CC[C@H](OCc1ccccc1)[C@@H](CCO)OCc1ccccc1. The van der Waals surface area contributed by atoms with Crippen LogP contribution in [0.3, 0.4) is 0 Å². The van der Waals surface area contributed by atoms with Crippen molar-refractivity contribution >= 4 is 0 Å². The van der Waals surface area contributed by atoms with Crippen molar-refractivity contribution in [2.24, 2.45) is 0 Å². The summed E-state index contributed by atoms with van der Waals surface area (Å²) in [6, 6.07) is 20.2. The molecule has 0 amide bonds. The highest BCUT2D eigenvalue weighted by molar-refractivity contribution is 5.14. The first kappa shape index (κ1) is 17.7. The van der Waals surface area contributed by atoms with Crippen LogP contribution in [0.2, 0.25) is 0 Å². The Morgan fingerprint density at radius 3 is 1.70 bits per heavy atom. The van der Waals surface area contributed by atoms with Gasteiger partial charge in [0.15, 0.2) is 0 Å². The van der Waals surface area contributed by atoms with Crippen molar-refractivity contribution in [1.29, 1.82) is 0 Å². The Bertz CT molecular complexity index is 527. The van der Waals surface area contributed by atoms with Crippen LogP contribution >= 0.6 is 0 Å². The molecule has 2 aromatic carbocycles. The van der Waals surface area contributed by atoms with Crippen LogP contribution in [-0.2, 0) is 22.7 Å². The summed E-state index contributed by atoms with van der Waals surface area (Å²) in [5.41, 5.74) is 2.28. The molecule has 3 heteroatoms. The molecule has 0 saturated heterocycles. The van der Waals surface area contributed by atoms with Gasteiger partial charge >= 0.3 is 0 Å². The van der Waals surface area contributed by atoms with Crippen LogP contribution in [0.25, 0.3) is 0 Å². The largest absolute Gasteiger partial charge is 0.396 e. The summed E-state index contributed by atoms with van der Waals surface area (Å²) in [5.74, 6) is 0. The van der Waals surface area contributed by atoms with Crippen molar-refractivity contribution in [3.63, 3.8) is 0 Å². The predicted octanol–water partition coefficient (Wildman–Crippen LogP) is 3.95. The van der Waals surface area contributed by atoms with Gasteiger partial charge in [0.2, 0.25) is 0 Å². The van der Waals surface area contributed by atoms with Crippen molar-refractivity contribution in [3.8, 4) is 0 Å². The van der Waals surface area contributed by atoms with Crippen molar-refractivity contribution < 1.29 is 14.6 Å². The molecule has 0 bridgehead atoms. The van der Waals surface area contributed by atoms with E-state index in [4.69, 9.17) is 9.47 Å². The number of aliphatic hydroxyl groups excluding tert-OH is 1. The van der Waals surface area contributed by atoms with Crippen LogP contribution in [0.1, 0.15) is 30.9 Å². The number of hydrogen-bond donors (Lipinski definition) is 1. The fourth-order valence-corrected chi connectivity index (χ4v) is 2.55. The summed E-state index contributed by atoms with van der Waals surface area (Å²) in [4.78, 5) is 0. The molecule has 1 N–H and O–H groups in total. The molecule has 0 heterocycles. The molecule has 124 valence electrons. The van der Waals surface area contributed by atoms with Crippen molar-refractivity contribution in [2.45, 2.75) is 45.2 Å². The normalized spacial score (nSPS) is 13.7. The van der Waals surface area contributed by atoms with E-state index in [-0.39, 0.29) is 18.8 Å². The summed E-state index contributed by atoms with van der Waals surface area (Å²) in [7, 11) is 0. The first-order valence-corrected chi connectivity index (χ1v) is 8.25. The van der Waals surface area contributed by atoms with E-state index in [0.29, 0.717) is 19.6 Å². The molecule has 0 radical (unpaired) electrons. The van der Waals surface area contributed by atoms with Gasteiger partial charge in [-0.1, -0.05) is 67.6 Å². The molecule has 0 unspecified atom stereocenters. The topological polar surface area (TPSA) is 38.7 Å². The molecule has 23 heavy (non-hydrogen) atoms. The van der Waals surface area contributed by atoms with E-state index in [2.05, 4.69) is 19.1 Å². The highest BCUT2D eigenvalue weighted by Gasteiger charge is 2.21. The van der Waals surface area contributed by atoms with E-state index < -0.39 is 0 Å². The van der Waals surface area contributed by atoms with E-state index in [9.17, 15) is 5.11 Å². The molecule has 0 aliphatic heterocycles. The zero-order valence-corrected chi connectivity index (χ0v) is 13.7. The number of benzene rings is 2. The highest BCUT2D eigenvalue weighted by atomic mass is 16.5.